The van der Waals surface area contributed by atoms with Gasteiger partial charge in [0, 0.05) is 30.0 Å². The summed E-state index contributed by atoms with van der Waals surface area (Å²) in [4.78, 5) is 37.9. The molecule has 1 saturated heterocycles. The van der Waals surface area contributed by atoms with Crippen LogP contribution in [0.25, 0.3) is 0 Å². The molecule has 194 valence electrons. The Morgan fingerprint density at radius 2 is 2.00 bits per heavy atom. The van der Waals surface area contributed by atoms with E-state index in [4.69, 9.17) is 21.3 Å². The number of nitriles is 1. The van der Waals surface area contributed by atoms with Crippen molar-refractivity contribution >= 4 is 29.4 Å². The number of H-pyrrole nitrogens is 1. The highest BCUT2D eigenvalue weighted by Gasteiger charge is 2.45. The van der Waals surface area contributed by atoms with Crippen molar-refractivity contribution in [3.8, 4) is 11.8 Å². The molecule has 38 heavy (non-hydrogen) atoms. The minimum Gasteiger partial charge on any atom is -0.490 e. The number of ether oxygens (including phenoxy) is 1. The van der Waals surface area contributed by atoms with Crippen LogP contribution in [-0.4, -0.2) is 58.3 Å². The van der Waals surface area contributed by atoms with Crippen molar-refractivity contribution in [3.05, 3.63) is 88.2 Å². The Kier molecular flexibility index (Phi) is 7.07. The van der Waals surface area contributed by atoms with Crippen molar-refractivity contribution in [3.63, 3.8) is 0 Å². The van der Waals surface area contributed by atoms with Crippen LogP contribution in [0.5, 0.6) is 5.75 Å². The lowest BCUT2D eigenvalue weighted by molar-refractivity contribution is -0.123. The number of benzene rings is 2. The van der Waals surface area contributed by atoms with Crippen LogP contribution in [-0.2, 0) is 4.79 Å². The minimum absolute atomic E-state index is 0.0498. The number of amides is 3. The van der Waals surface area contributed by atoms with Crippen molar-refractivity contribution in [2.75, 3.05) is 19.6 Å². The van der Waals surface area contributed by atoms with Gasteiger partial charge in [-0.3, -0.25) is 14.7 Å². The molecule has 0 aliphatic carbocycles. The predicted octanol–water partition coefficient (Wildman–Crippen LogP) is 4.42. The lowest BCUT2D eigenvalue weighted by atomic mass is 9.97. The predicted molar refractivity (Wildman–Crippen MR) is 143 cm³/mol. The third kappa shape index (κ3) is 4.95. The standard InChI is InChI=1S/C28H27ClN6O3/c1-17(2)38-23-14-18(15-30)5-10-21(23)27-33-25(22-4-3-11-31-22)26(19-6-8-20(29)9-7-19)35(27)28(37)34-13-12-32-24(36)16-34/h3-11,14,17,25-26,31H,12-13,16H2,1-2H3,(H,32,36). The molecule has 10 heteroatoms. The zero-order chi connectivity index (χ0) is 26.8. The highest BCUT2D eigenvalue weighted by Crippen LogP contribution is 2.45. The molecule has 9 nitrogen and oxygen atoms in total. The number of piperazine rings is 1. The molecular formula is C28H27ClN6O3. The van der Waals surface area contributed by atoms with Gasteiger partial charge in [-0.15, -0.1) is 0 Å². The van der Waals surface area contributed by atoms with Gasteiger partial charge in [-0.25, -0.2) is 4.79 Å². The van der Waals surface area contributed by atoms with Gasteiger partial charge in [-0.05, 0) is 61.9 Å². The molecule has 1 fully saturated rings. The van der Waals surface area contributed by atoms with Crippen LogP contribution in [0.1, 0.15) is 48.3 Å². The van der Waals surface area contributed by atoms with E-state index < -0.39 is 12.1 Å². The van der Waals surface area contributed by atoms with Gasteiger partial charge in [0.15, 0.2) is 0 Å². The Labute approximate surface area is 225 Å². The van der Waals surface area contributed by atoms with Crippen LogP contribution in [0.3, 0.4) is 0 Å². The third-order valence-electron chi connectivity index (χ3n) is 6.45. The fourth-order valence-corrected chi connectivity index (χ4v) is 4.91. The van der Waals surface area contributed by atoms with E-state index >= 15 is 0 Å². The number of nitrogens with zero attached hydrogens (tertiary/aromatic N) is 4. The van der Waals surface area contributed by atoms with Gasteiger partial charge < -0.3 is 19.9 Å². The summed E-state index contributed by atoms with van der Waals surface area (Å²) in [6.07, 6.45) is 1.64. The highest BCUT2D eigenvalue weighted by atomic mass is 35.5. The number of urea groups is 1. The highest BCUT2D eigenvalue weighted by molar-refractivity contribution is 6.30. The zero-order valence-electron chi connectivity index (χ0n) is 21.0. The minimum atomic E-state index is -0.527. The molecule has 2 aliphatic heterocycles. The average molecular weight is 531 g/mol. The number of carbonyl (C=O) groups is 2. The number of aromatic nitrogens is 1. The maximum absolute atomic E-state index is 14.2. The Morgan fingerprint density at radius 1 is 1.21 bits per heavy atom. The first-order valence-electron chi connectivity index (χ1n) is 12.4. The van der Waals surface area contributed by atoms with Crippen molar-refractivity contribution < 1.29 is 14.3 Å². The molecule has 2 aromatic carbocycles. The van der Waals surface area contributed by atoms with E-state index in [1.54, 1.807) is 35.2 Å². The van der Waals surface area contributed by atoms with Gasteiger partial charge in [0.1, 0.15) is 24.2 Å². The molecule has 2 aliphatic rings. The van der Waals surface area contributed by atoms with Gasteiger partial charge in [0.25, 0.3) is 0 Å². The van der Waals surface area contributed by atoms with E-state index in [1.807, 2.05) is 44.3 Å². The van der Waals surface area contributed by atoms with Gasteiger partial charge in [0.05, 0.1) is 29.3 Å². The van der Waals surface area contributed by atoms with Crippen molar-refractivity contribution in [1.29, 1.82) is 5.26 Å². The zero-order valence-corrected chi connectivity index (χ0v) is 21.8. The Balaban J connectivity index is 1.69. The summed E-state index contributed by atoms with van der Waals surface area (Å²) in [5.41, 5.74) is 2.68. The molecule has 3 heterocycles. The van der Waals surface area contributed by atoms with Crippen LogP contribution in [0, 0.1) is 11.3 Å². The van der Waals surface area contributed by atoms with Crippen molar-refractivity contribution in [2.24, 2.45) is 4.99 Å². The van der Waals surface area contributed by atoms with E-state index in [-0.39, 0.29) is 24.6 Å². The van der Waals surface area contributed by atoms with E-state index in [0.717, 1.165) is 11.3 Å². The summed E-state index contributed by atoms with van der Waals surface area (Å²) < 4.78 is 6.10. The first-order chi connectivity index (χ1) is 18.4. The maximum Gasteiger partial charge on any atom is 0.326 e. The molecule has 2 unspecified atom stereocenters. The second kappa shape index (κ2) is 10.6. The molecule has 1 aromatic heterocycles. The van der Waals surface area contributed by atoms with Crippen LogP contribution in [0.15, 0.2) is 65.8 Å². The molecule has 2 N–H and O–H groups in total. The number of carbonyl (C=O) groups excluding carboxylic acids is 2. The van der Waals surface area contributed by atoms with Gasteiger partial charge in [-0.1, -0.05) is 23.7 Å². The van der Waals surface area contributed by atoms with Crippen LogP contribution in [0.4, 0.5) is 4.79 Å². The summed E-state index contributed by atoms with van der Waals surface area (Å²) in [5, 5.41) is 12.9. The fourth-order valence-electron chi connectivity index (χ4n) is 4.79. The molecule has 0 saturated carbocycles. The molecule has 3 amide bonds. The lowest BCUT2D eigenvalue weighted by Gasteiger charge is -2.35. The average Bonchev–Trinajstić information content (AvgIpc) is 3.57. The first-order valence-corrected chi connectivity index (χ1v) is 12.8. The van der Waals surface area contributed by atoms with E-state index in [2.05, 4.69) is 16.4 Å². The Hall–Kier alpha value is -4.29. The van der Waals surface area contributed by atoms with Crippen LogP contribution < -0.4 is 10.1 Å². The van der Waals surface area contributed by atoms with Gasteiger partial charge in [-0.2, -0.15) is 5.26 Å². The third-order valence-corrected chi connectivity index (χ3v) is 6.70. The topological polar surface area (TPSA) is 114 Å². The molecular weight excluding hydrogens is 504 g/mol. The first kappa shape index (κ1) is 25.4. The maximum atomic E-state index is 14.2. The summed E-state index contributed by atoms with van der Waals surface area (Å²) in [5.74, 6) is 0.642. The molecule has 0 spiro atoms. The lowest BCUT2D eigenvalue weighted by Crippen LogP contribution is -2.55. The van der Waals surface area contributed by atoms with Crippen LogP contribution >= 0.6 is 11.6 Å². The molecule has 0 radical (unpaired) electrons. The number of hydrogen-bond donors (Lipinski definition) is 2. The van der Waals surface area contributed by atoms with Crippen molar-refractivity contribution in [2.45, 2.75) is 32.0 Å². The second-order valence-electron chi connectivity index (χ2n) is 9.43. The summed E-state index contributed by atoms with van der Waals surface area (Å²) in [6, 6.07) is 17.1. The van der Waals surface area contributed by atoms with Crippen molar-refractivity contribution in [1.82, 2.24) is 20.1 Å². The number of amidine groups is 1. The number of hydrogen-bond acceptors (Lipinski definition) is 5. The second-order valence-corrected chi connectivity index (χ2v) is 9.87. The monoisotopic (exact) mass is 530 g/mol. The number of aliphatic imine (C=N–C) groups is 1. The summed E-state index contributed by atoms with van der Waals surface area (Å²) in [7, 11) is 0. The summed E-state index contributed by atoms with van der Waals surface area (Å²) >= 11 is 6.20. The van der Waals surface area contributed by atoms with Crippen LogP contribution in [0.2, 0.25) is 5.02 Å². The number of halogens is 1. The Bertz CT molecular complexity index is 1410. The van der Waals surface area contributed by atoms with E-state index in [9.17, 15) is 14.9 Å². The summed E-state index contributed by atoms with van der Waals surface area (Å²) in [6.45, 7) is 4.48. The normalized spacial score (nSPS) is 19.2. The molecule has 5 rings (SSSR count). The fraction of sp³-hybridized carbons (Fsp3) is 0.286. The van der Waals surface area contributed by atoms with Gasteiger partial charge in [0.2, 0.25) is 5.91 Å². The molecule has 3 aromatic rings. The van der Waals surface area contributed by atoms with E-state index in [0.29, 0.717) is 40.8 Å². The number of aromatic amines is 1. The van der Waals surface area contributed by atoms with Gasteiger partial charge >= 0.3 is 6.03 Å². The number of nitrogens with one attached hydrogen (secondary N) is 2. The smallest absolute Gasteiger partial charge is 0.326 e. The largest absolute Gasteiger partial charge is 0.490 e. The molecule has 2 atom stereocenters. The SMILES string of the molecule is CC(C)Oc1cc(C#N)ccc1C1=NC(c2ccc[nH]2)C(c2ccc(Cl)cc2)N1C(=O)N1CCNC(=O)C1. The quantitative estimate of drug-likeness (QED) is 0.508. The molecule has 0 bridgehead atoms. The number of rotatable bonds is 5. The Morgan fingerprint density at radius 3 is 2.66 bits per heavy atom. The van der Waals surface area contributed by atoms with E-state index in [1.165, 1.54) is 4.90 Å².